The molecule has 0 aliphatic heterocycles. The molecule has 0 saturated heterocycles. The Kier molecular flexibility index (Phi) is 6.26. The molecule has 3 rings (SSSR count). The molecule has 1 aliphatic carbocycles. The fraction of sp³-hybridized carbons (Fsp3) is 0.350. The van der Waals surface area contributed by atoms with Crippen LogP contribution < -0.4 is 10.0 Å². The lowest BCUT2D eigenvalue weighted by molar-refractivity contribution is 0.102. The highest BCUT2D eigenvalue weighted by molar-refractivity contribution is 7.89. The molecular formula is C20H21ClF2N2O3S. The van der Waals surface area contributed by atoms with Gasteiger partial charge in [0.05, 0.1) is 16.8 Å². The molecule has 156 valence electrons. The van der Waals surface area contributed by atoms with E-state index >= 15 is 0 Å². The number of fused-ring (bicyclic) bond motifs is 1. The zero-order valence-electron chi connectivity index (χ0n) is 15.9. The summed E-state index contributed by atoms with van der Waals surface area (Å²) in [5, 5.41) is 2.48. The maximum atomic E-state index is 14.5. The summed E-state index contributed by atoms with van der Waals surface area (Å²) in [4.78, 5) is 12.7. The summed E-state index contributed by atoms with van der Waals surface area (Å²) in [6.07, 6.45) is 0.713. The Bertz CT molecular complexity index is 1060. The van der Waals surface area contributed by atoms with Crippen molar-refractivity contribution in [3.63, 3.8) is 0 Å². The molecule has 5 nitrogen and oxygen atoms in total. The second-order valence-corrected chi connectivity index (χ2v) is 9.66. The molecule has 0 spiro atoms. The standard InChI is InChI=1S/C20H21ClF2N2O3S/c1-11(2)10-29(27,28)25-18-8-5-13-14(4-7-17(23)19(13)18)20(26)24-12-3-6-16(22)15(21)9-12/h3-4,6-7,9,11,18,25H,5,8,10H2,1-2H3,(H,24,26)/t18-/m0/s1. The third-order valence-corrected chi connectivity index (χ3v) is 6.67. The zero-order chi connectivity index (χ0) is 21.3. The molecule has 0 aromatic heterocycles. The molecule has 2 N–H and O–H groups in total. The zero-order valence-corrected chi connectivity index (χ0v) is 17.5. The van der Waals surface area contributed by atoms with Crippen molar-refractivity contribution in [3.8, 4) is 0 Å². The van der Waals surface area contributed by atoms with E-state index in [1.807, 2.05) is 0 Å². The van der Waals surface area contributed by atoms with Crippen molar-refractivity contribution in [3.05, 3.63) is 63.7 Å². The minimum absolute atomic E-state index is 0.0635. The topological polar surface area (TPSA) is 75.3 Å². The van der Waals surface area contributed by atoms with Crippen LogP contribution in [0.15, 0.2) is 30.3 Å². The van der Waals surface area contributed by atoms with Gasteiger partial charge in [-0.2, -0.15) is 0 Å². The monoisotopic (exact) mass is 442 g/mol. The average Bonchev–Trinajstić information content (AvgIpc) is 3.01. The van der Waals surface area contributed by atoms with Crippen LogP contribution in [0.4, 0.5) is 14.5 Å². The van der Waals surface area contributed by atoms with Crippen LogP contribution in [-0.4, -0.2) is 20.1 Å². The molecule has 0 heterocycles. The van der Waals surface area contributed by atoms with Gasteiger partial charge in [-0.05, 0) is 54.7 Å². The fourth-order valence-corrected chi connectivity index (χ4v) is 5.35. The molecular weight excluding hydrogens is 422 g/mol. The molecule has 0 fully saturated rings. The van der Waals surface area contributed by atoms with Crippen LogP contribution >= 0.6 is 11.6 Å². The summed E-state index contributed by atoms with van der Waals surface area (Å²) in [6.45, 7) is 3.57. The second kappa shape index (κ2) is 8.38. The predicted octanol–water partition coefficient (Wildman–Crippen LogP) is 4.43. The molecule has 2 aromatic rings. The average molecular weight is 443 g/mol. The van der Waals surface area contributed by atoms with E-state index in [0.717, 1.165) is 12.1 Å². The van der Waals surface area contributed by atoms with Gasteiger partial charge in [0.1, 0.15) is 11.6 Å². The summed E-state index contributed by atoms with van der Waals surface area (Å²) >= 11 is 5.73. The van der Waals surface area contributed by atoms with Crippen molar-refractivity contribution < 1.29 is 22.0 Å². The lowest BCUT2D eigenvalue weighted by atomic mass is 10.0. The van der Waals surface area contributed by atoms with Gasteiger partial charge in [-0.1, -0.05) is 25.4 Å². The molecule has 1 amide bonds. The van der Waals surface area contributed by atoms with Crippen molar-refractivity contribution in [1.82, 2.24) is 4.72 Å². The van der Waals surface area contributed by atoms with E-state index in [2.05, 4.69) is 10.0 Å². The smallest absolute Gasteiger partial charge is 0.255 e. The van der Waals surface area contributed by atoms with Gasteiger partial charge in [-0.25, -0.2) is 21.9 Å². The van der Waals surface area contributed by atoms with Gasteiger partial charge in [0.25, 0.3) is 5.91 Å². The van der Waals surface area contributed by atoms with Gasteiger partial charge in [-0.3, -0.25) is 4.79 Å². The summed E-state index contributed by atoms with van der Waals surface area (Å²) in [5.41, 5.74) is 1.20. The first-order valence-electron chi connectivity index (χ1n) is 9.15. The van der Waals surface area contributed by atoms with Gasteiger partial charge in [0, 0.05) is 16.8 Å². The van der Waals surface area contributed by atoms with Crippen molar-refractivity contribution in [2.24, 2.45) is 5.92 Å². The number of anilines is 1. The first-order chi connectivity index (χ1) is 13.6. The molecule has 0 unspecified atom stereocenters. The van der Waals surface area contributed by atoms with E-state index in [4.69, 9.17) is 11.6 Å². The van der Waals surface area contributed by atoms with E-state index in [0.29, 0.717) is 24.1 Å². The minimum atomic E-state index is -3.58. The molecule has 9 heteroatoms. The van der Waals surface area contributed by atoms with Crippen molar-refractivity contribution in [1.29, 1.82) is 0 Å². The Morgan fingerprint density at radius 2 is 1.90 bits per heavy atom. The van der Waals surface area contributed by atoms with Gasteiger partial charge in [0.15, 0.2) is 0 Å². The largest absolute Gasteiger partial charge is 0.322 e. The summed E-state index contributed by atoms with van der Waals surface area (Å²) < 4.78 is 54.9. The molecule has 1 aliphatic rings. The first-order valence-corrected chi connectivity index (χ1v) is 11.2. The molecule has 2 aromatic carbocycles. The first kappa shape index (κ1) is 21.7. The highest BCUT2D eigenvalue weighted by atomic mass is 35.5. The molecule has 0 bridgehead atoms. The van der Waals surface area contributed by atoms with Crippen molar-refractivity contribution in [2.45, 2.75) is 32.7 Å². The third-order valence-electron chi connectivity index (χ3n) is 4.63. The number of halogens is 3. The maximum Gasteiger partial charge on any atom is 0.255 e. The van der Waals surface area contributed by atoms with E-state index in [-0.39, 0.29) is 27.8 Å². The van der Waals surface area contributed by atoms with Crippen LogP contribution in [0.5, 0.6) is 0 Å². The van der Waals surface area contributed by atoms with E-state index in [1.165, 1.54) is 18.2 Å². The van der Waals surface area contributed by atoms with Crippen LogP contribution in [0.1, 0.15) is 47.8 Å². The quantitative estimate of drug-likeness (QED) is 0.694. The van der Waals surface area contributed by atoms with Gasteiger partial charge in [0.2, 0.25) is 10.0 Å². The van der Waals surface area contributed by atoms with Crippen LogP contribution in [0.2, 0.25) is 5.02 Å². The van der Waals surface area contributed by atoms with Gasteiger partial charge in [-0.15, -0.1) is 0 Å². The summed E-state index contributed by atoms with van der Waals surface area (Å²) in [7, 11) is -3.58. The Balaban J connectivity index is 1.87. The highest BCUT2D eigenvalue weighted by Gasteiger charge is 2.32. The Labute approximate surface area is 173 Å². The van der Waals surface area contributed by atoms with E-state index < -0.39 is 33.6 Å². The normalized spacial score (nSPS) is 16.1. The SMILES string of the molecule is CC(C)CS(=O)(=O)N[C@H]1CCc2c(C(=O)Nc3ccc(F)c(Cl)c3)ccc(F)c21. The Morgan fingerprint density at radius 3 is 2.55 bits per heavy atom. The minimum Gasteiger partial charge on any atom is -0.322 e. The number of sulfonamides is 1. The Morgan fingerprint density at radius 1 is 1.21 bits per heavy atom. The van der Waals surface area contributed by atoms with Gasteiger partial charge < -0.3 is 5.32 Å². The van der Waals surface area contributed by atoms with Crippen LogP contribution in [0.25, 0.3) is 0 Å². The number of carbonyl (C=O) groups excluding carboxylic acids is 1. The molecule has 0 radical (unpaired) electrons. The van der Waals surface area contributed by atoms with Crippen LogP contribution in [0, 0.1) is 17.6 Å². The summed E-state index contributed by atoms with van der Waals surface area (Å²) in [5.74, 6) is -1.81. The number of rotatable bonds is 6. The van der Waals surface area contributed by atoms with E-state index in [9.17, 15) is 22.0 Å². The second-order valence-electron chi connectivity index (χ2n) is 7.45. The number of hydrogen-bond donors (Lipinski definition) is 2. The number of hydrogen-bond acceptors (Lipinski definition) is 3. The fourth-order valence-electron chi connectivity index (χ4n) is 3.52. The highest BCUT2D eigenvalue weighted by Crippen LogP contribution is 2.36. The van der Waals surface area contributed by atoms with Crippen molar-refractivity contribution >= 4 is 33.2 Å². The number of carbonyl (C=O) groups is 1. The predicted molar refractivity (Wildman–Crippen MR) is 109 cm³/mol. The maximum absolute atomic E-state index is 14.5. The number of amides is 1. The lowest BCUT2D eigenvalue weighted by Gasteiger charge is -2.17. The third kappa shape index (κ3) is 4.94. The Hall–Kier alpha value is -2.03. The molecule has 29 heavy (non-hydrogen) atoms. The molecule has 1 atom stereocenters. The number of benzene rings is 2. The molecule has 0 saturated carbocycles. The van der Waals surface area contributed by atoms with Gasteiger partial charge >= 0.3 is 0 Å². The van der Waals surface area contributed by atoms with Crippen molar-refractivity contribution in [2.75, 3.05) is 11.1 Å². The van der Waals surface area contributed by atoms with E-state index in [1.54, 1.807) is 13.8 Å². The lowest BCUT2D eigenvalue weighted by Crippen LogP contribution is -2.31. The number of nitrogens with one attached hydrogen (secondary N) is 2. The van der Waals surface area contributed by atoms with Crippen LogP contribution in [0.3, 0.4) is 0 Å². The van der Waals surface area contributed by atoms with Crippen LogP contribution in [-0.2, 0) is 16.4 Å². The summed E-state index contributed by atoms with van der Waals surface area (Å²) in [6, 6.07) is 5.57.